The van der Waals surface area contributed by atoms with Crippen LogP contribution in [-0.2, 0) is 29.5 Å². The highest BCUT2D eigenvalue weighted by atomic mass is 127. The van der Waals surface area contributed by atoms with E-state index in [1.807, 2.05) is 127 Å². The van der Waals surface area contributed by atoms with E-state index in [0.717, 1.165) is 27.8 Å². The van der Waals surface area contributed by atoms with Crippen molar-refractivity contribution in [3.63, 3.8) is 0 Å². The number of alkyl halides is 1. The average Bonchev–Trinajstić information content (AvgIpc) is 3.79. The number of aromatic nitrogens is 1. The number of thioether (sulfide) groups is 1. The van der Waals surface area contributed by atoms with E-state index < -0.39 is 40.8 Å². The summed E-state index contributed by atoms with van der Waals surface area (Å²) in [5, 5.41) is 12.4. The zero-order chi connectivity index (χ0) is 42.2. The third kappa shape index (κ3) is 8.63. The number of carbonyl (C=O) groups is 3. The fourth-order valence-corrected chi connectivity index (χ4v) is 9.90. The number of esters is 1. The summed E-state index contributed by atoms with van der Waals surface area (Å²) in [6, 6.07) is 48.4. The molecule has 10 nitrogen and oxygen atoms in total. The van der Waals surface area contributed by atoms with E-state index in [1.54, 1.807) is 5.38 Å². The average molecular weight is 958 g/mol. The monoisotopic (exact) mass is 957 g/mol. The minimum Gasteiger partial charge on any atom is -0.448 e. The second kappa shape index (κ2) is 19.1. The molecule has 1 fully saturated rings. The number of allylic oxidation sites excluding steroid dienone is 2. The highest BCUT2D eigenvalue weighted by molar-refractivity contribution is 14.1. The third-order valence-corrected chi connectivity index (χ3v) is 12.9. The number of ether oxygens (including phenoxy) is 1. The minimum absolute atomic E-state index is 0.0991. The Morgan fingerprint density at radius 1 is 0.852 bits per heavy atom. The number of rotatable bonds is 15. The molecule has 8 rings (SSSR count). The zero-order valence-corrected chi connectivity index (χ0v) is 36.7. The minimum atomic E-state index is -0.949. The number of thiazole rings is 1. The van der Waals surface area contributed by atoms with Gasteiger partial charge in [0.2, 0.25) is 0 Å². The molecule has 6 aromatic rings. The van der Waals surface area contributed by atoms with Gasteiger partial charge in [0.1, 0.15) is 35.5 Å². The largest absolute Gasteiger partial charge is 0.448 e. The Morgan fingerprint density at radius 2 is 1.38 bits per heavy atom. The smallest absolute Gasteiger partial charge is 0.356 e. The molecule has 2 amide bonds. The Bertz CT molecular complexity index is 2440. The molecule has 1 aromatic heterocycles. The molecule has 0 spiro atoms. The second-order valence-corrected chi connectivity index (χ2v) is 16.9. The van der Waals surface area contributed by atoms with Crippen LogP contribution in [0.1, 0.15) is 39.6 Å². The molecule has 0 bridgehead atoms. The molecule has 0 saturated carbocycles. The molecule has 1 unspecified atom stereocenters. The SMILES string of the molecule is CON=C(C(=O)NC1C(=O)N2C(C(=O)OC(c3ccccc3)c3ccccc3)=C(C=CCI)CS[C@@H]12)c1csc(NC(c2ccccc2)(c2ccccc2)c2ccccc2)n1. The van der Waals surface area contributed by atoms with E-state index in [2.05, 4.69) is 74.8 Å². The zero-order valence-electron chi connectivity index (χ0n) is 32.9. The van der Waals surface area contributed by atoms with E-state index in [1.165, 1.54) is 35.1 Å². The number of oxime groups is 1. The number of carbonyl (C=O) groups excluding carboxylic acids is 3. The molecule has 0 aliphatic carbocycles. The summed E-state index contributed by atoms with van der Waals surface area (Å²) in [6.45, 7) is 0. The van der Waals surface area contributed by atoms with Gasteiger partial charge in [-0.05, 0) is 33.4 Å². The summed E-state index contributed by atoms with van der Waals surface area (Å²) in [5.74, 6) is -1.29. The highest BCUT2D eigenvalue weighted by Gasteiger charge is 2.55. The summed E-state index contributed by atoms with van der Waals surface area (Å²) in [6.07, 6.45) is 3.10. The highest BCUT2D eigenvalue weighted by Crippen LogP contribution is 2.43. The van der Waals surface area contributed by atoms with Gasteiger partial charge < -0.3 is 20.2 Å². The van der Waals surface area contributed by atoms with E-state index in [9.17, 15) is 14.4 Å². The van der Waals surface area contributed by atoms with Crippen LogP contribution in [-0.4, -0.2) is 62.1 Å². The molecular weight excluding hydrogens is 918 g/mol. The van der Waals surface area contributed by atoms with Crippen molar-refractivity contribution in [3.05, 3.63) is 214 Å². The van der Waals surface area contributed by atoms with E-state index in [-0.39, 0.29) is 17.1 Å². The molecule has 2 aliphatic rings. The number of halogens is 1. The van der Waals surface area contributed by atoms with Crippen LogP contribution in [0.15, 0.2) is 186 Å². The number of β-lactam (4-membered cyclic amide) rings is 1. The van der Waals surface area contributed by atoms with Crippen LogP contribution in [0, 0.1) is 0 Å². The van der Waals surface area contributed by atoms with E-state index in [4.69, 9.17) is 14.6 Å². The van der Waals surface area contributed by atoms with Gasteiger partial charge in [0.05, 0.1) is 0 Å². The number of anilines is 1. The molecule has 1 saturated heterocycles. The summed E-state index contributed by atoms with van der Waals surface area (Å²) in [7, 11) is 1.35. The van der Waals surface area contributed by atoms with Crippen LogP contribution >= 0.6 is 45.7 Å². The standard InChI is InChI=1S/C48H40IN5O5S2/c1-58-53-39(38-31-61-47(50-38)52-48(35-23-11-4-12-24-35,36-25-13-5-14-26-36)37-27-15-6-16-28-37)43(55)51-40-44(56)54-41(34(22-17-29-49)30-60-45(40)54)46(57)59-42(32-18-7-2-8-19-32)33-20-9-3-10-21-33/h2-28,31,40,42,45H,29-30H2,1H3,(H,50,52)(H,51,55)/t40?,45-/m0/s1. The summed E-state index contributed by atoms with van der Waals surface area (Å²) >= 11 is 5.01. The lowest BCUT2D eigenvalue weighted by Crippen LogP contribution is -2.71. The molecule has 2 N–H and O–H groups in total. The fourth-order valence-electron chi connectivity index (χ4n) is 7.58. The van der Waals surface area contributed by atoms with Gasteiger partial charge in [0, 0.05) is 15.6 Å². The molecule has 13 heteroatoms. The summed E-state index contributed by atoms with van der Waals surface area (Å²) < 4.78 is 6.98. The lowest BCUT2D eigenvalue weighted by Gasteiger charge is -2.49. The van der Waals surface area contributed by atoms with Gasteiger partial charge in [0.25, 0.3) is 11.8 Å². The van der Waals surface area contributed by atoms with Gasteiger partial charge in [0.15, 0.2) is 16.9 Å². The predicted molar refractivity (Wildman–Crippen MR) is 249 cm³/mol. The Balaban J connectivity index is 1.05. The quantitative estimate of drug-likeness (QED) is 0.0199. The molecule has 3 heterocycles. The molecule has 306 valence electrons. The Hall–Kier alpha value is -6.03. The maximum atomic E-state index is 14.3. The van der Waals surface area contributed by atoms with Gasteiger partial charge in [-0.15, -0.1) is 23.1 Å². The van der Waals surface area contributed by atoms with Gasteiger partial charge >= 0.3 is 5.97 Å². The lowest BCUT2D eigenvalue weighted by molar-refractivity contribution is -0.154. The molecule has 5 aromatic carbocycles. The van der Waals surface area contributed by atoms with E-state index >= 15 is 0 Å². The normalized spacial score (nSPS) is 16.5. The van der Waals surface area contributed by atoms with Gasteiger partial charge in [-0.1, -0.05) is 192 Å². The first kappa shape index (κ1) is 41.7. The van der Waals surface area contributed by atoms with Crippen LogP contribution in [0.4, 0.5) is 5.13 Å². The molecule has 2 atom stereocenters. The maximum Gasteiger partial charge on any atom is 0.356 e. The van der Waals surface area contributed by atoms with Gasteiger partial charge in [-0.3, -0.25) is 14.5 Å². The van der Waals surface area contributed by atoms with Gasteiger partial charge in [-0.2, -0.15) is 0 Å². The number of hydrogen-bond donors (Lipinski definition) is 2. The van der Waals surface area contributed by atoms with Crippen LogP contribution in [0.5, 0.6) is 0 Å². The maximum absolute atomic E-state index is 14.3. The second-order valence-electron chi connectivity index (χ2n) is 14.0. The number of nitrogens with one attached hydrogen (secondary N) is 2. The fraction of sp³-hybridized carbons (Fsp3) is 0.146. The van der Waals surface area contributed by atoms with Crippen molar-refractivity contribution in [1.29, 1.82) is 0 Å². The van der Waals surface area contributed by atoms with Crippen LogP contribution in [0.25, 0.3) is 0 Å². The molecular formula is C48H40IN5O5S2. The van der Waals surface area contributed by atoms with E-state index in [0.29, 0.717) is 20.9 Å². The molecule has 2 aliphatic heterocycles. The number of hydrogen-bond acceptors (Lipinski definition) is 10. The first-order valence-corrected chi connectivity index (χ1v) is 22.9. The molecule has 0 radical (unpaired) electrons. The van der Waals surface area contributed by atoms with Crippen molar-refractivity contribution in [2.24, 2.45) is 5.16 Å². The van der Waals surface area contributed by atoms with Crippen molar-refractivity contribution >= 4 is 74.3 Å². The van der Waals surface area contributed by atoms with Crippen molar-refractivity contribution < 1.29 is 24.0 Å². The van der Waals surface area contributed by atoms with Crippen LogP contribution in [0.3, 0.4) is 0 Å². The van der Waals surface area contributed by atoms with Crippen molar-refractivity contribution in [3.8, 4) is 0 Å². The summed E-state index contributed by atoms with van der Waals surface area (Å²) in [5.41, 5.74) is 4.72. The Morgan fingerprint density at radius 3 is 1.89 bits per heavy atom. The van der Waals surface area contributed by atoms with Gasteiger partial charge in [-0.25, -0.2) is 9.78 Å². The van der Waals surface area contributed by atoms with Crippen LogP contribution < -0.4 is 10.6 Å². The Kier molecular flexibility index (Phi) is 13.1. The number of nitrogens with zero attached hydrogens (tertiary/aromatic N) is 3. The predicted octanol–water partition coefficient (Wildman–Crippen LogP) is 8.88. The first-order chi connectivity index (χ1) is 29.9. The number of benzene rings is 5. The van der Waals surface area contributed by atoms with Crippen molar-refractivity contribution in [2.75, 3.05) is 22.6 Å². The summed E-state index contributed by atoms with van der Waals surface area (Å²) in [4.78, 5) is 54.0. The first-order valence-electron chi connectivity index (χ1n) is 19.5. The number of fused-ring (bicyclic) bond motifs is 1. The number of amides is 2. The van der Waals surface area contributed by atoms with Crippen molar-refractivity contribution in [1.82, 2.24) is 15.2 Å². The molecule has 61 heavy (non-hydrogen) atoms. The topological polar surface area (TPSA) is 122 Å². The Labute approximate surface area is 375 Å². The lowest BCUT2D eigenvalue weighted by atomic mass is 9.77. The van der Waals surface area contributed by atoms with Crippen LogP contribution in [0.2, 0.25) is 0 Å². The van der Waals surface area contributed by atoms with Crippen molar-refractivity contribution in [2.45, 2.75) is 23.1 Å². The third-order valence-electron chi connectivity index (χ3n) is 10.4.